The Morgan fingerprint density at radius 3 is 1.33 bits per heavy atom. The lowest BCUT2D eigenvalue weighted by Crippen LogP contribution is -2.09. The Labute approximate surface area is 56.3 Å². The first-order valence-electron chi connectivity index (χ1n) is 2.62. The van der Waals surface area contributed by atoms with Gasteiger partial charge in [-0.25, -0.2) is 0 Å². The van der Waals surface area contributed by atoms with Gasteiger partial charge in [0.05, 0.1) is 0 Å². The van der Waals surface area contributed by atoms with Crippen molar-refractivity contribution in [2.75, 3.05) is 13.1 Å². The molecular weight excluding hydrogens is 142 g/mol. The highest BCUT2D eigenvalue weighted by Crippen LogP contribution is 1.47. The Morgan fingerprint density at radius 2 is 1.33 bits per heavy atom. The first-order valence-corrected chi connectivity index (χ1v) is 3.62. The molecule has 0 saturated heterocycles. The van der Waals surface area contributed by atoms with E-state index in [4.69, 9.17) is 12.6 Å². The second-order valence-corrected chi connectivity index (χ2v) is 1.57. The van der Waals surface area contributed by atoms with E-state index in [1.807, 2.05) is 0 Å². The molecule has 0 radical (unpaired) electrons. The maximum atomic E-state index is 8.44. The summed E-state index contributed by atoms with van der Waals surface area (Å²) in [4.78, 5) is 0. The predicted octanol–water partition coefficient (Wildman–Crippen LogP) is -0.388. The van der Waals surface area contributed by atoms with E-state index in [-0.39, 0.29) is 0 Å². The minimum atomic E-state index is -3.11. The Kier molecular flexibility index (Phi) is 13.3. The van der Waals surface area contributed by atoms with E-state index in [0.717, 1.165) is 13.1 Å². The number of hydrogen-bond donors (Lipinski definition) is 1. The molecule has 0 saturated carbocycles. The van der Waals surface area contributed by atoms with Crippen molar-refractivity contribution in [3.8, 4) is 0 Å². The molecule has 1 N–H and O–H groups in total. The van der Waals surface area contributed by atoms with Crippen LogP contribution >= 0.6 is 0 Å². The molecule has 0 aromatic heterocycles. The van der Waals surface area contributed by atoms with Crippen molar-refractivity contribution in [3.63, 3.8) is 0 Å². The first kappa shape index (κ1) is 11.4. The second-order valence-electron chi connectivity index (χ2n) is 1.16. The minimum Gasteiger partial charge on any atom is -0.317 e. The molecular formula is C4H11NO3S. The summed E-state index contributed by atoms with van der Waals surface area (Å²) in [5.74, 6) is 0. The zero-order chi connectivity index (χ0) is 7.70. The highest BCUT2D eigenvalue weighted by molar-refractivity contribution is 7.59. The molecule has 0 aromatic carbocycles. The van der Waals surface area contributed by atoms with Crippen LogP contribution < -0.4 is 5.32 Å². The van der Waals surface area contributed by atoms with Crippen LogP contribution in [0, 0.1) is 0 Å². The van der Waals surface area contributed by atoms with Gasteiger partial charge in [0.25, 0.3) is 0 Å². The molecule has 0 bridgehead atoms. The van der Waals surface area contributed by atoms with Crippen LogP contribution in [0.25, 0.3) is 0 Å². The zero-order valence-corrected chi connectivity index (χ0v) is 6.36. The van der Waals surface area contributed by atoms with Gasteiger partial charge in [-0.2, -0.15) is 0 Å². The van der Waals surface area contributed by atoms with Gasteiger partial charge in [-0.1, -0.05) is 13.8 Å². The van der Waals surface area contributed by atoms with E-state index in [1.54, 1.807) is 0 Å². The molecule has 0 heterocycles. The highest BCUT2D eigenvalue weighted by atomic mass is 32.2. The van der Waals surface area contributed by atoms with E-state index < -0.39 is 10.6 Å². The lowest BCUT2D eigenvalue weighted by molar-refractivity contribution is 0.559. The van der Waals surface area contributed by atoms with E-state index in [0.29, 0.717) is 0 Å². The van der Waals surface area contributed by atoms with Crippen LogP contribution in [0.3, 0.4) is 0 Å². The van der Waals surface area contributed by atoms with Crippen molar-refractivity contribution in [2.24, 2.45) is 0 Å². The smallest absolute Gasteiger partial charge is 0.317 e. The minimum absolute atomic E-state index is 1.09. The van der Waals surface area contributed by atoms with Crippen LogP contribution in [0.2, 0.25) is 0 Å². The third kappa shape index (κ3) is 94.5. The number of hydrogen-bond acceptors (Lipinski definition) is 4. The van der Waals surface area contributed by atoms with Gasteiger partial charge in [-0.15, -0.1) is 12.6 Å². The summed E-state index contributed by atoms with van der Waals surface area (Å²) in [6.45, 7) is 6.39. The normalized spacial score (nSPS) is 7.33. The molecule has 0 aromatic rings. The van der Waals surface area contributed by atoms with E-state index in [9.17, 15) is 0 Å². The Hall–Kier alpha value is -0.420. The average molecular weight is 153 g/mol. The Morgan fingerprint density at radius 1 is 1.11 bits per heavy atom. The maximum absolute atomic E-state index is 8.44. The van der Waals surface area contributed by atoms with E-state index >= 15 is 0 Å². The molecule has 0 aliphatic heterocycles. The molecule has 0 rings (SSSR count). The monoisotopic (exact) mass is 153 g/mol. The molecule has 0 aliphatic carbocycles. The van der Waals surface area contributed by atoms with Gasteiger partial charge in [0.2, 0.25) is 0 Å². The van der Waals surface area contributed by atoms with Crippen LogP contribution in [0.1, 0.15) is 13.8 Å². The van der Waals surface area contributed by atoms with Crippen LogP contribution in [0.4, 0.5) is 0 Å². The Bertz CT molecular complexity index is 116. The van der Waals surface area contributed by atoms with Gasteiger partial charge in [0.1, 0.15) is 0 Å². The maximum Gasteiger partial charge on any atom is 0.425 e. The van der Waals surface area contributed by atoms with Crippen molar-refractivity contribution >= 4 is 10.6 Å². The molecule has 9 heavy (non-hydrogen) atoms. The van der Waals surface area contributed by atoms with Crippen molar-refractivity contribution in [1.29, 1.82) is 0 Å². The SMILES string of the molecule is CCNCC.O=S(=O)=O. The van der Waals surface area contributed by atoms with Crippen molar-refractivity contribution in [3.05, 3.63) is 0 Å². The lowest BCUT2D eigenvalue weighted by atomic mass is 10.7. The zero-order valence-electron chi connectivity index (χ0n) is 5.55. The van der Waals surface area contributed by atoms with Gasteiger partial charge >= 0.3 is 10.6 Å². The summed E-state index contributed by atoms with van der Waals surface area (Å²) < 4.78 is 25.3. The standard InChI is InChI=1S/C4H11N.O3S/c1-3-5-4-2;1-4(2)3/h5H,3-4H2,1-2H3;. The summed E-state index contributed by atoms with van der Waals surface area (Å²) >= 11 is 0. The Balaban J connectivity index is 0. The van der Waals surface area contributed by atoms with Crippen LogP contribution in [0.5, 0.6) is 0 Å². The molecule has 0 fully saturated rings. The van der Waals surface area contributed by atoms with Gasteiger partial charge < -0.3 is 5.32 Å². The van der Waals surface area contributed by atoms with Crippen molar-refractivity contribution in [1.82, 2.24) is 5.32 Å². The quantitative estimate of drug-likeness (QED) is 0.587. The average Bonchev–Trinajstić information content (AvgIpc) is 1.66. The number of rotatable bonds is 2. The van der Waals surface area contributed by atoms with Crippen LogP contribution in [0.15, 0.2) is 0 Å². The summed E-state index contributed by atoms with van der Waals surface area (Å²) in [5, 5.41) is 3.11. The molecule has 56 valence electrons. The summed E-state index contributed by atoms with van der Waals surface area (Å²) in [5.41, 5.74) is 0. The second kappa shape index (κ2) is 10.5. The van der Waals surface area contributed by atoms with Crippen LogP contribution in [-0.2, 0) is 10.6 Å². The third-order valence-electron chi connectivity index (χ3n) is 0.500. The summed E-state index contributed by atoms with van der Waals surface area (Å²) in [6.07, 6.45) is 0. The van der Waals surface area contributed by atoms with Crippen molar-refractivity contribution < 1.29 is 12.6 Å². The fraction of sp³-hybridized carbons (Fsp3) is 1.00. The van der Waals surface area contributed by atoms with E-state index in [1.165, 1.54) is 0 Å². The van der Waals surface area contributed by atoms with Gasteiger partial charge in [-0.05, 0) is 13.1 Å². The molecule has 0 spiro atoms. The molecule has 0 atom stereocenters. The largest absolute Gasteiger partial charge is 0.425 e. The fourth-order valence-corrected chi connectivity index (χ4v) is 0.250. The van der Waals surface area contributed by atoms with Gasteiger partial charge in [-0.3, -0.25) is 0 Å². The van der Waals surface area contributed by atoms with Crippen molar-refractivity contribution in [2.45, 2.75) is 13.8 Å². The molecule has 4 nitrogen and oxygen atoms in total. The molecule has 0 amide bonds. The van der Waals surface area contributed by atoms with E-state index in [2.05, 4.69) is 19.2 Å². The van der Waals surface area contributed by atoms with Gasteiger partial charge in [0, 0.05) is 0 Å². The lowest BCUT2D eigenvalue weighted by Gasteiger charge is -1.86. The fourth-order valence-electron chi connectivity index (χ4n) is 0.250. The number of nitrogens with one attached hydrogen (secondary N) is 1. The summed E-state index contributed by atoms with van der Waals surface area (Å²) in [7, 11) is -3.11. The first-order chi connectivity index (χ1) is 4.15. The summed E-state index contributed by atoms with van der Waals surface area (Å²) in [6, 6.07) is 0. The molecule has 5 heteroatoms. The molecule has 0 unspecified atom stereocenters. The van der Waals surface area contributed by atoms with Crippen LogP contribution in [-0.4, -0.2) is 25.7 Å². The molecule has 0 aliphatic rings. The predicted molar refractivity (Wildman–Crippen MR) is 33.9 cm³/mol. The topological polar surface area (TPSA) is 63.2 Å². The highest BCUT2D eigenvalue weighted by Gasteiger charge is 1.62. The third-order valence-corrected chi connectivity index (χ3v) is 0.500. The van der Waals surface area contributed by atoms with Gasteiger partial charge in [0.15, 0.2) is 0 Å².